The zero-order valence-corrected chi connectivity index (χ0v) is 17.9. The summed E-state index contributed by atoms with van der Waals surface area (Å²) in [4.78, 5) is 26.2. The first-order valence-corrected chi connectivity index (χ1v) is 10.5. The van der Waals surface area contributed by atoms with Crippen LogP contribution in [0.1, 0.15) is 27.2 Å². The van der Waals surface area contributed by atoms with Crippen LogP contribution in [0.2, 0.25) is 0 Å². The molecule has 0 aromatic carbocycles. The molecule has 1 N–H and O–H groups in total. The van der Waals surface area contributed by atoms with Crippen molar-refractivity contribution in [1.29, 1.82) is 0 Å². The standard InChI is InChI=1S/C22H25FN6O2/c1-13-12-31-9-8-28(13)17-10-16(29-7-5-22(2,3)21(29)30)18-14(23)11-24-19(20(18)26-17)15-4-6-25-27-15/h4,6,10-11,13H,5,7-9,12H2,1-3H3,(H,25,27). The monoisotopic (exact) mass is 424 g/mol. The zero-order chi connectivity index (χ0) is 21.8. The Morgan fingerprint density at radius 2 is 2.16 bits per heavy atom. The van der Waals surface area contributed by atoms with Gasteiger partial charge in [0.15, 0.2) is 5.82 Å². The number of fused-ring (bicyclic) bond motifs is 1. The highest BCUT2D eigenvalue weighted by Gasteiger charge is 2.40. The van der Waals surface area contributed by atoms with Crippen molar-refractivity contribution in [3.8, 4) is 11.4 Å². The van der Waals surface area contributed by atoms with Crippen molar-refractivity contribution >= 4 is 28.3 Å². The molecular formula is C22H25FN6O2. The predicted octanol–water partition coefficient (Wildman–Crippen LogP) is 3.15. The van der Waals surface area contributed by atoms with E-state index in [-0.39, 0.29) is 11.9 Å². The number of aromatic nitrogens is 4. The van der Waals surface area contributed by atoms with Gasteiger partial charge in [0, 0.05) is 30.8 Å². The lowest BCUT2D eigenvalue weighted by Gasteiger charge is -2.35. The molecule has 0 spiro atoms. The molecule has 162 valence electrons. The van der Waals surface area contributed by atoms with Crippen LogP contribution in [0.25, 0.3) is 22.3 Å². The number of hydrogen-bond acceptors (Lipinski definition) is 6. The second kappa shape index (κ2) is 7.26. The van der Waals surface area contributed by atoms with Crippen LogP contribution in [-0.4, -0.2) is 58.4 Å². The van der Waals surface area contributed by atoms with Crippen LogP contribution >= 0.6 is 0 Å². The van der Waals surface area contributed by atoms with E-state index in [1.54, 1.807) is 17.2 Å². The van der Waals surface area contributed by atoms with Gasteiger partial charge in [-0.2, -0.15) is 5.10 Å². The average Bonchev–Trinajstić information content (AvgIpc) is 3.37. The van der Waals surface area contributed by atoms with Gasteiger partial charge < -0.3 is 14.5 Å². The molecule has 3 aromatic rings. The summed E-state index contributed by atoms with van der Waals surface area (Å²) in [7, 11) is 0. The molecule has 0 saturated carbocycles. The second-order valence-electron chi connectivity index (χ2n) is 8.86. The Balaban J connectivity index is 1.78. The molecule has 0 aliphatic carbocycles. The van der Waals surface area contributed by atoms with Gasteiger partial charge in [-0.3, -0.25) is 9.89 Å². The molecule has 1 atom stereocenters. The molecular weight excluding hydrogens is 399 g/mol. The fraction of sp³-hybridized carbons (Fsp3) is 0.455. The van der Waals surface area contributed by atoms with Crippen LogP contribution in [0.15, 0.2) is 24.5 Å². The van der Waals surface area contributed by atoms with Gasteiger partial charge in [-0.05, 0) is 19.4 Å². The van der Waals surface area contributed by atoms with Gasteiger partial charge in [0.05, 0.1) is 42.2 Å². The summed E-state index contributed by atoms with van der Waals surface area (Å²) in [6.07, 6.45) is 3.51. The second-order valence-corrected chi connectivity index (χ2v) is 8.86. The molecule has 2 saturated heterocycles. The van der Waals surface area contributed by atoms with Crippen LogP contribution in [-0.2, 0) is 9.53 Å². The molecule has 5 heterocycles. The molecule has 3 aromatic heterocycles. The van der Waals surface area contributed by atoms with E-state index >= 15 is 4.39 Å². The minimum atomic E-state index is -0.500. The van der Waals surface area contributed by atoms with Gasteiger partial charge >= 0.3 is 0 Å². The highest BCUT2D eigenvalue weighted by molar-refractivity contribution is 6.09. The van der Waals surface area contributed by atoms with E-state index in [0.717, 1.165) is 0 Å². The quantitative estimate of drug-likeness (QED) is 0.695. The number of carbonyl (C=O) groups excluding carboxylic acids is 1. The van der Waals surface area contributed by atoms with Gasteiger partial charge in [-0.25, -0.2) is 14.4 Å². The average molecular weight is 424 g/mol. The molecule has 31 heavy (non-hydrogen) atoms. The van der Waals surface area contributed by atoms with Gasteiger partial charge in [-0.15, -0.1) is 0 Å². The lowest BCUT2D eigenvalue weighted by atomic mass is 9.92. The minimum Gasteiger partial charge on any atom is -0.377 e. The molecule has 0 radical (unpaired) electrons. The summed E-state index contributed by atoms with van der Waals surface area (Å²) in [5.74, 6) is 0.170. The molecule has 1 amide bonds. The predicted molar refractivity (Wildman–Crippen MR) is 115 cm³/mol. The normalized spacial score (nSPS) is 21.3. The third-order valence-corrected chi connectivity index (χ3v) is 6.25. The number of H-pyrrole nitrogens is 1. The smallest absolute Gasteiger partial charge is 0.232 e. The van der Waals surface area contributed by atoms with Crippen molar-refractivity contribution in [3.05, 3.63) is 30.3 Å². The van der Waals surface area contributed by atoms with Crippen molar-refractivity contribution in [3.63, 3.8) is 0 Å². The van der Waals surface area contributed by atoms with Gasteiger partial charge in [-0.1, -0.05) is 13.8 Å². The Bertz CT molecular complexity index is 1150. The number of ether oxygens (including phenoxy) is 1. The van der Waals surface area contributed by atoms with Crippen LogP contribution in [0.5, 0.6) is 0 Å². The molecule has 1 unspecified atom stereocenters. The number of rotatable bonds is 3. The Morgan fingerprint density at radius 1 is 1.32 bits per heavy atom. The van der Waals surface area contributed by atoms with Crippen molar-refractivity contribution in [1.82, 2.24) is 20.2 Å². The van der Waals surface area contributed by atoms with E-state index in [1.165, 1.54) is 6.20 Å². The number of amides is 1. The summed E-state index contributed by atoms with van der Waals surface area (Å²) >= 11 is 0. The Hall–Kier alpha value is -3.07. The number of morpholine rings is 1. The number of aromatic amines is 1. The van der Waals surface area contributed by atoms with E-state index in [1.807, 2.05) is 19.9 Å². The molecule has 2 aliphatic heterocycles. The topological polar surface area (TPSA) is 87.2 Å². The van der Waals surface area contributed by atoms with Gasteiger partial charge in [0.1, 0.15) is 17.0 Å². The van der Waals surface area contributed by atoms with E-state index < -0.39 is 11.2 Å². The summed E-state index contributed by atoms with van der Waals surface area (Å²) < 4.78 is 20.8. The van der Waals surface area contributed by atoms with Crippen LogP contribution < -0.4 is 9.80 Å². The molecule has 9 heteroatoms. The number of nitrogens with zero attached hydrogens (tertiary/aromatic N) is 5. The zero-order valence-electron chi connectivity index (χ0n) is 17.9. The number of hydrogen-bond donors (Lipinski definition) is 1. The van der Waals surface area contributed by atoms with Gasteiger partial charge in [0.2, 0.25) is 5.91 Å². The number of anilines is 2. The van der Waals surface area contributed by atoms with Crippen molar-refractivity contribution in [2.45, 2.75) is 33.2 Å². The number of pyridine rings is 2. The first-order chi connectivity index (χ1) is 14.9. The highest BCUT2D eigenvalue weighted by Crippen LogP contribution is 2.41. The fourth-order valence-electron chi connectivity index (χ4n) is 4.38. The summed E-state index contributed by atoms with van der Waals surface area (Å²) in [6, 6.07) is 3.72. The molecule has 2 aliphatic rings. The third-order valence-electron chi connectivity index (χ3n) is 6.25. The first-order valence-electron chi connectivity index (χ1n) is 10.5. The largest absolute Gasteiger partial charge is 0.377 e. The van der Waals surface area contributed by atoms with E-state index in [2.05, 4.69) is 27.0 Å². The van der Waals surface area contributed by atoms with E-state index in [4.69, 9.17) is 9.72 Å². The van der Waals surface area contributed by atoms with Crippen LogP contribution in [0.3, 0.4) is 0 Å². The highest BCUT2D eigenvalue weighted by atomic mass is 19.1. The SMILES string of the molecule is CC1COCCN1c1cc(N2CCC(C)(C)C2=O)c2c(F)cnc(-c3ccn[nH]3)c2n1. The van der Waals surface area contributed by atoms with E-state index in [0.29, 0.717) is 66.5 Å². The van der Waals surface area contributed by atoms with Crippen LogP contribution in [0.4, 0.5) is 15.9 Å². The number of halogens is 1. The first kappa shape index (κ1) is 19.9. The molecule has 8 nitrogen and oxygen atoms in total. The fourth-order valence-corrected chi connectivity index (χ4v) is 4.38. The Morgan fingerprint density at radius 3 is 2.84 bits per heavy atom. The van der Waals surface area contributed by atoms with Crippen molar-refractivity contribution < 1.29 is 13.9 Å². The Kier molecular flexibility index (Phi) is 4.65. The maximum atomic E-state index is 15.2. The van der Waals surface area contributed by atoms with E-state index in [9.17, 15) is 4.79 Å². The lowest BCUT2D eigenvalue weighted by Crippen LogP contribution is -2.44. The number of nitrogens with one attached hydrogen (secondary N) is 1. The third kappa shape index (κ3) is 3.23. The maximum absolute atomic E-state index is 15.2. The minimum absolute atomic E-state index is 0.0136. The summed E-state index contributed by atoms with van der Waals surface area (Å²) in [5.41, 5.74) is 1.60. The molecule has 0 bridgehead atoms. The Labute approximate surface area is 179 Å². The number of carbonyl (C=O) groups is 1. The lowest BCUT2D eigenvalue weighted by molar-refractivity contribution is -0.123. The van der Waals surface area contributed by atoms with Crippen molar-refractivity contribution in [2.24, 2.45) is 5.41 Å². The molecule has 2 fully saturated rings. The van der Waals surface area contributed by atoms with Crippen molar-refractivity contribution in [2.75, 3.05) is 36.1 Å². The van der Waals surface area contributed by atoms with Gasteiger partial charge in [0.25, 0.3) is 0 Å². The molecule has 5 rings (SSSR count). The maximum Gasteiger partial charge on any atom is 0.232 e. The van der Waals surface area contributed by atoms with Crippen LogP contribution in [0, 0.1) is 11.2 Å². The summed E-state index contributed by atoms with van der Waals surface area (Å²) in [6.45, 7) is 8.29. The summed E-state index contributed by atoms with van der Waals surface area (Å²) in [5, 5.41) is 7.20.